The predicted octanol–water partition coefficient (Wildman–Crippen LogP) is 2.90. The molecule has 0 radical (unpaired) electrons. The SMILES string of the molecule is CCc1ccc(NC(=O)c2cccc(OC)n2)cc1. The molecular formula is C15H16N2O2. The Labute approximate surface area is 112 Å². The summed E-state index contributed by atoms with van der Waals surface area (Å²) < 4.78 is 4.99. The fourth-order valence-electron chi connectivity index (χ4n) is 1.67. The number of nitrogens with one attached hydrogen (secondary N) is 1. The number of benzene rings is 1. The summed E-state index contributed by atoms with van der Waals surface area (Å²) in [6.45, 7) is 2.09. The lowest BCUT2D eigenvalue weighted by Crippen LogP contribution is -2.13. The molecule has 0 fully saturated rings. The Bertz CT molecular complexity index is 565. The van der Waals surface area contributed by atoms with Gasteiger partial charge in [0.1, 0.15) is 5.69 Å². The van der Waals surface area contributed by atoms with Crippen LogP contribution in [0, 0.1) is 0 Å². The van der Waals surface area contributed by atoms with Crippen molar-refractivity contribution in [3.05, 3.63) is 53.7 Å². The van der Waals surface area contributed by atoms with Gasteiger partial charge >= 0.3 is 0 Å². The molecule has 0 spiro atoms. The predicted molar refractivity (Wildman–Crippen MR) is 74.6 cm³/mol. The highest BCUT2D eigenvalue weighted by Gasteiger charge is 2.08. The second-order valence-electron chi connectivity index (χ2n) is 4.07. The number of ether oxygens (including phenoxy) is 1. The highest BCUT2D eigenvalue weighted by Crippen LogP contribution is 2.12. The van der Waals surface area contributed by atoms with Crippen LogP contribution >= 0.6 is 0 Å². The average molecular weight is 256 g/mol. The van der Waals surface area contributed by atoms with E-state index in [0.717, 1.165) is 12.1 Å². The van der Waals surface area contributed by atoms with Crippen LogP contribution in [0.5, 0.6) is 5.88 Å². The van der Waals surface area contributed by atoms with Crippen LogP contribution in [0.4, 0.5) is 5.69 Å². The molecule has 4 nitrogen and oxygen atoms in total. The summed E-state index contributed by atoms with van der Waals surface area (Å²) in [6, 6.07) is 12.9. The number of pyridine rings is 1. The number of hydrogen-bond acceptors (Lipinski definition) is 3. The van der Waals surface area contributed by atoms with Crippen molar-refractivity contribution >= 4 is 11.6 Å². The molecule has 1 aromatic carbocycles. The molecule has 1 heterocycles. The maximum atomic E-state index is 12.0. The van der Waals surface area contributed by atoms with Gasteiger partial charge in [0.15, 0.2) is 0 Å². The monoisotopic (exact) mass is 256 g/mol. The van der Waals surface area contributed by atoms with Gasteiger partial charge in [-0.05, 0) is 30.2 Å². The van der Waals surface area contributed by atoms with Crippen molar-refractivity contribution in [3.8, 4) is 5.88 Å². The van der Waals surface area contributed by atoms with Crippen LogP contribution in [-0.4, -0.2) is 18.0 Å². The standard InChI is InChI=1S/C15H16N2O2/c1-3-11-7-9-12(10-8-11)16-15(18)13-5-4-6-14(17-13)19-2/h4-10H,3H2,1-2H3,(H,16,18). The molecule has 1 N–H and O–H groups in total. The van der Waals surface area contributed by atoms with Gasteiger partial charge in [-0.25, -0.2) is 4.98 Å². The van der Waals surface area contributed by atoms with Gasteiger partial charge in [-0.2, -0.15) is 0 Å². The maximum Gasteiger partial charge on any atom is 0.274 e. The van der Waals surface area contributed by atoms with Crippen molar-refractivity contribution in [2.45, 2.75) is 13.3 Å². The smallest absolute Gasteiger partial charge is 0.274 e. The molecule has 1 aromatic heterocycles. The normalized spacial score (nSPS) is 10.0. The Kier molecular flexibility index (Phi) is 4.13. The molecule has 0 saturated carbocycles. The molecule has 0 aliphatic carbocycles. The number of methoxy groups -OCH3 is 1. The zero-order valence-corrected chi connectivity index (χ0v) is 11.0. The van der Waals surface area contributed by atoms with E-state index in [4.69, 9.17) is 4.74 Å². The van der Waals surface area contributed by atoms with Crippen molar-refractivity contribution < 1.29 is 9.53 Å². The number of aromatic nitrogens is 1. The Hall–Kier alpha value is -2.36. The first kappa shape index (κ1) is 13.1. The van der Waals surface area contributed by atoms with E-state index in [2.05, 4.69) is 17.2 Å². The largest absolute Gasteiger partial charge is 0.481 e. The van der Waals surface area contributed by atoms with Gasteiger partial charge in [0.2, 0.25) is 5.88 Å². The second kappa shape index (κ2) is 6.00. The summed E-state index contributed by atoms with van der Waals surface area (Å²) in [5.41, 5.74) is 2.32. The fourth-order valence-corrected chi connectivity index (χ4v) is 1.67. The van der Waals surface area contributed by atoms with Gasteiger partial charge < -0.3 is 10.1 Å². The molecule has 0 aliphatic rings. The minimum absolute atomic E-state index is 0.247. The van der Waals surface area contributed by atoms with Crippen molar-refractivity contribution in [2.75, 3.05) is 12.4 Å². The van der Waals surface area contributed by atoms with E-state index in [-0.39, 0.29) is 5.91 Å². The lowest BCUT2D eigenvalue weighted by molar-refractivity contribution is 0.102. The van der Waals surface area contributed by atoms with E-state index in [0.29, 0.717) is 11.6 Å². The van der Waals surface area contributed by atoms with Crippen LogP contribution in [0.3, 0.4) is 0 Å². The second-order valence-corrected chi connectivity index (χ2v) is 4.07. The highest BCUT2D eigenvalue weighted by molar-refractivity contribution is 6.02. The zero-order valence-electron chi connectivity index (χ0n) is 11.0. The van der Waals surface area contributed by atoms with Crippen molar-refractivity contribution in [2.24, 2.45) is 0 Å². The summed E-state index contributed by atoms with van der Waals surface area (Å²) in [4.78, 5) is 16.1. The van der Waals surface area contributed by atoms with E-state index >= 15 is 0 Å². The Balaban J connectivity index is 2.11. The molecule has 0 unspecified atom stereocenters. The molecule has 0 saturated heterocycles. The molecule has 19 heavy (non-hydrogen) atoms. The van der Waals surface area contributed by atoms with Gasteiger partial charge in [0.25, 0.3) is 5.91 Å². The Morgan fingerprint density at radius 3 is 2.58 bits per heavy atom. The fraction of sp³-hybridized carbons (Fsp3) is 0.200. The average Bonchev–Trinajstić information content (AvgIpc) is 2.48. The van der Waals surface area contributed by atoms with Crippen molar-refractivity contribution in [1.82, 2.24) is 4.98 Å². The molecule has 2 rings (SSSR count). The minimum atomic E-state index is -0.247. The van der Waals surface area contributed by atoms with Crippen molar-refractivity contribution in [1.29, 1.82) is 0 Å². The van der Waals surface area contributed by atoms with Crippen LogP contribution in [0.1, 0.15) is 23.0 Å². The quantitative estimate of drug-likeness (QED) is 0.915. The minimum Gasteiger partial charge on any atom is -0.481 e. The van der Waals surface area contributed by atoms with Gasteiger partial charge in [-0.3, -0.25) is 4.79 Å². The van der Waals surface area contributed by atoms with E-state index in [1.54, 1.807) is 18.2 Å². The van der Waals surface area contributed by atoms with Gasteiger partial charge in [-0.15, -0.1) is 0 Å². The number of anilines is 1. The molecule has 0 atom stereocenters. The number of nitrogens with zero attached hydrogens (tertiary/aromatic N) is 1. The molecule has 4 heteroatoms. The third-order valence-corrected chi connectivity index (χ3v) is 2.79. The van der Waals surface area contributed by atoms with Crippen LogP contribution in [0.2, 0.25) is 0 Å². The molecule has 1 amide bonds. The summed E-state index contributed by atoms with van der Waals surface area (Å²) in [6.07, 6.45) is 0.978. The first-order valence-electron chi connectivity index (χ1n) is 6.14. The van der Waals surface area contributed by atoms with Gasteiger partial charge in [-0.1, -0.05) is 25.1 Å². The Morgan fingerprint density at radius 2 is 1.95 bits per heavy atom. The summed E-state index contributed by atoms with van der Waals surface area (Å²) in [7, 11) is 1.52. The third kappa shape index (κ3) is 3.31. The number of rotatable bonds is 4. The van der Waals surface area contributed by atoms with Gasteiger partial charge in [0, 0.05) is 11.8 Å². The number of amides is 1. The zero-order chi connectivity index (χ0) is 13.7. The van der Waals surface area contributed by atoms with E-state index in [1.807, 2.05) is 24.3 Å². The number of carbonyl (C=O) groups is 1. The summed E-state index contributed by atoms with van der Waals surface area (Å²) in [5, 5.41) is 2.80. The van der Waals surface area contributed by atoms with E-state index < -0.39 is 0 Å². The van der Waals surface area contributed by atoms with Crippen molar-refractivity contribution in [3.63, 3.8) is 0 Å². The lowest BCUT2D eigenvalue weighted by atomic mass is 10.1. The number of aryl methyl sites for hydroxylation is 1. The Morgan fingerprint density at radius 1 is 1.21 bits per heavy atom. The first-order valence-corrected chi connectivity index (χ1v) is 6.14. The summed E-state index contributed by atoms with van der Waals surface area (Å²) >= 11 is 0. The molecular weight excluding hydrogens is 240 g/mol. The molecule has 2 aromatic rings. The summed E-state index contributed by atoms with van der Waals surface area (Å²) in [5.74, 6) is 0.178. The first-order chi connectivity index (χ1) is 9.22. The molecule has 0 aliphatic heterocycles. The van der Waals surface area contributed by atoms with Crippen LogP contribution in [0.15, 0.2) is 42.5 Å². The topological polar surface area (TPSA) is 51.2 Å². The van der Waals surface area contributed by atoms with Crippen LogP contribution in [-0.2, 0) is 6.42 Å². The van der Waals surface area contributed by atoms with Crippen LogP contribution in [0.25, 0.3) is 0 Å². The lowest BCUT2D eigenvalue weighted by Gasteiger charge is -2.06. The van der Waals surface area contributed by atoms with Crippen LogP contribution < -0.4 is 10.1 Å². The number of carbonyl (C=O) groups excluding carboxylic acids is 1. The molecule has 0 bridgehead atoms. The van der Waals surface area contributed by atoms with E-state index in [9.17, 15) is 4.79 Å². The van der Waals surface area contributed by atoms with E-state index in [1.165, 1.54) is 12.7 Å². The number of hydrogen-bond donors (Lipinski definition) is 1. The van der Waals surface area contributed by atoms with Gasteiger partial charge in [0.05, 0.1) is 7.11 Å². The highest BCUT2D eigenvalue weighted by atomic mass is 16.5. The third-order valence-electron chi connectivity index (χ3n) is 2.79. The molecule has 98 valence electrons. The maximum absolute atomic E-state index is 12.0.